The van der Waals surface area contributed by atoms with Crippen molar-refractivity contribution >= 4 is 48.9 Å². The monoisotopic (exact) mass is 327 g/mol. The van der Waals surface area contributed by atoms with E-state index in [2.05, 4.69) is 4.74 Å². The summed E-state index contributed by atoms with van der Waals surface area (Å²) in [5, 5.41) is 17.8. The maximum Gasteiger partial charge on any atom is 0.490 e. The summed E-state index contributed by atoms with van der Waals surface area (Å²) in [6.45, 7) is 0. The van der Waals surface area contributed by atoms with Crippen molar-refractivity contribution in [3.05, 3.63) is 18.0 Å². The minimum Gasteiger partial charge on any atom is -0.464 e. The van der Waals surface area contributed by atoms with Gasteiger partial charge < -0.3 is 14.8 Å². The van der Waals surface area contributed by atoms with Crippen LogP contribution in [0.4, 0.5) is 0 Å². The van der Waals surface area contributed by atoms with Crippen molar-refractivity contribution in [3.63, 3.8) is 0 Å². The number of aromatic nitrogens is 1. The average molecular weight is 327 g/mol. The van der Waals surface area contributed by atoms with Gasteiger partial charge in [0.05, 0.1) is 7.11 Å². The molecule has 0 saturated carbocycles. The van der Waals surface area contributed by atoms with Crippen LogP contribution in [0.25, 0.3) is 0 Å². The Kier molecular flexibility index (Phi) is 4.29. The number of hydrogen-bond donors (Lipinski definition) is 2. The highest BCUT2D eigenvalue weighted by atomic mass is 127. The van der Waals surface area contributed by atoms with Crippen molar-refractivity contribution in [2.75, 3.05) is 7.11 Å². The fourth-order valence-electron chi connectivity index (χ4n) is 0.915. The molecule has 0 aromatic carbocycles. The van der Waals surface area contributed by atoms with Gasteiger partial charge in [-0.15, -0.1) is 0 Å². The predicted molar refractivity (Wildman–Crippen MR) is 62.6 cm³/mol. The highest BCUT2D eigenvalue weighted by molar-refractivity contribution is 14.2. The molecule has 8 heteroatoms. The van der Waals surface area contributed by atoms with Crippen LogP contribution in [0.15, 0.2) is 12.3 Å². The number of methoxy groups -OCH3 is 1. The number of carbonyl (C=O) groups excluding carboxylic acids is 1. The summed E-state index contributed by atoms with van der Waals surface area (Å²) < 4.78 is 6.03. The summed E-state index contributed by atoms with van der Waals surface area (Å²) in [5.41, 5.74) is 0.532. The van der Waals surface area contributed by atoms with Crippen LogP contribution < -0.4 is 5.46 Å². The Balaban J connectivity index is 3.08. The van der Waals surface area contributed by atoms with Gasteiger partial charge in [-0.2, -0.15) is 0 Å². The molecule has 2 N–H and O–H groups in total. The van der Waals surface area contributed by atoms with Crippen LogP contribution in [0.2, 0.25) is 0 Å². The Morgan fingerprint density at radius 3 is 2.79 bits per heavy atom. The highest BCUT2D eigenvalue weighted by Crippen LogP contribution is 2.18. The average Bonchev–Trinajstić information content (AvgIpc) is 2.60. The van der Waals surface area contributed by atoms with Gasteiger partial charge in [-0.25, -0.2) is 4.79 Å². The second-order valence-corrected chi connectivity index (χ2v) is 4.13. The Morgan fingerprint density at radius 2 is 2.36 bits per heavy atom. The van der Waals surface area contributed by atoms with Gasteiger partial charge in [0.2, 0.25) is 0 Å². The Labute approximate surface area is 97.3 Å². The van der Waals surface area contributed by atoms with E-state index in [1.165, 1.54) is 32.5 Å². The summed E-state index contributed by atoms with van der Waals surface area (Å²) in [5.74, 6) is -0.513. The summed E-state index contributed by atoms with van der Waals surface area (Å²) >= 11 is 1.97. The van der Waals surface area contributed by atoms with E-state index in [1.54, 1.807) is 0 Å². The molecule has 0 saturated heterocycles. The fraction of sp³-hybridized carbons (Fsp3) is 0.167. The first-order valence-corrected chi connectivity index (χ1v) is 6.87. The molecule has 1 aromatic rings. The van der Waals surface area contributed by atoms with E-state index in [-0.39, 0.29) is 11.2 Å². The van der Waals surface area contributed by atoms with E-state index >= 15 is 0 Å². The fourth-order valence-corrected chi connectivity index (χ4v) is 2.26. The van der Waals surface area contributed by atoms with Crippen LogP contribution in [0.3, 0.4) is 0 Å². The van der Waals surface area contributed by atoms with Crippen LogP contribution in [-0.4, -0.2) is 34.2 Å². The molecule has 14 heavy (non-hydrogen) atoms. The molecule has 5 nitrogen and oxygen atoms in total. The van der Waals surface area contributed by atoms with Gasteiger partial charge in [0.15, 0.2) is 0 Å². The van der Waals surface area contributed by atoms with E-state index < -0.39 is 13.1 Å². The number of halogens is 1. The van der Waals surface area contributed by atoms with E-state index in [0.29, 0.717) is 0 Å². The minimum atomic E-state index is -1.58. The van der Waals surface area contributed by atoms with Crippen LogP contribution in [0.5, 0.6) is 0 Å². The first kappa shape index (κ1) is 11.9. The first-order chi connectivity index (χ1) is 6.60. The molecule has 0 aliphatic heterocycles. The van der Waals surface area contributed by atoms with E-state index in [4.69, 9.17) is 10.0 Å². The zero-order chi connectivity index (χ0) is 10.7. The number of hydrogen-bond acceptors (Lipinski definition) is 5. The lowest BCUT2D eigenvalue weighted by atomic mass is 9.82. The SMILES string of the molecule is COC(=O)c1cc(B(O)O)cn1SI. The Bertz CT molecular complexity index is 343. The largest absolute Gasteiger partial charge is 0.490 e. The smallest absolute Gasteiger partial charge is 0.464 e. The zero-order valence-corrected chi connectivity index (χ0v) is 10.2. The number of carbonyl (C=O) groups is 1. The maximum absolute atomic E-state index is 11.2. The lowest BCUT2D eigenvalue weighted by Crippen LogP contribution is -2.28. The van der Waals surface area contributed by atoms with Crippen molar-refractivity contribution in [1.82, 2.24) is 3.97 Å². The number of ether oxygens (including phenoxy) is 1. The second kappa shape index (κ2) is 5.05. The van der Waals surface area contributed by atoms with E-state index in [9.17, 15) is 4.79 Å². The molecule has 0 fully saturated rings. The van der Waals surface area contributed by atoms with Crippen molar-refractivity contribution in [3.8, 4) is 0 Å². The van der Waals surface area contributed by atoms with Crippen LogP contribution in [0.1, 0.15) is 10.5 Å². The standard InChI is InChI=1S/C6H7BINO4S/c1-13-6(10)5-2-4(7(11)12)3-9(5)14-8/h2-3,11-12H,1H3. The third-order valence-corrected chi connectivity index (χ3v) is 3.30. The third kappa shape index (κ3) is 2.44. The molecular formula is C6H7BINO4S. The predicted octanol–water partition coefficient (Wildman–Crippen LogP) is -0.199. The van der Waals surface area contributed by atoms with Gasteiger partial charge in [-0.05, 0) is 6.07 Å². The van der Waals surface area contributed by atoms with Gasteiger partial charge in [0.25, 0.3) is 0 Å². The van der Waals surface area contributed by atoms with Crippen molar-refractivity contribution in [2.45, 2.75) is 0 Å². The molecule has 76 valence electrons. The topological polar surface area (TPSA) is 71.7 Å². The van der Waals surface area contributed by atoms with Crippen molar-refractivity contribution < 1.29 is 19.6 Å². The van der Waals surface area contributed by atoms with E-state index in [0.717, 1.165) is 0 Å². The lowest BCUT2D eigenvalue weighted by molar-refractivity contribution is 0.0593. The van der Waals surface area contributed by atoms with E-state index in [1.807, 2.05) is 21.2 Å². The summed E-state index contributed by atoms with van der Waals surface area (Å²) in [6.07, 6.45) is 1.47. The molecule has 1 rings (SSSR count). The molecule has 0 spiro atoms. The third-order valence-electron chi connectivity index (χ3n) is 1.57. The Morgan fingerprint density at radius 1 is 1.71 bits per heavy atom. The molecule has 0 aliphatic carbocycles. The first-order valence-electron chi connectivity index (χ1n) is 3.56. The van der Waals surface area contributed by atoms with Crippen LogP contribution >= 0.6 is 30.3 Å². The van der Waals surface area contributed by atoms with Gasteiger partial charge in [-0.3, -0.25) is 3.97 Å². The quantitative estimate of drug-likeness (QED) is 0.457. The minimum absolute atomic E-state index is 0.259. The maximum atomic E-state index is 11.2. The number of nitrogens with zero attached hydrogens (tertiary/aromatic N) is 1. The molecule has 0 aliphatic rings. The molecule has 0 unspecified atom stereocenters. The van der Waals surface area contributed by atoms with Crippen molar-refractivity contribution in [2.24, 2.45) is 0 Å². The molecule has 0 atom stereocenters. The number of rotatable bonds is 3. The van der Waals surface area contributed by atoms with Gasteiger partial charge >= 0.3 is 13.1 Å². The molecule has 0 amide bonds. The number of esters is 1. The van der Waals surface area contributed by atoms with Gasteiger partial charge in [-0.1, -0.05) is 0 Å². The summed E-state index contributed by atoms with van der Waals surface area (Å²) in [4.78, 5) is 11.2. The normalized spacial score (nSPS) is 10.0. The van der Waals surface area contributed by atoms with Crippen LogP contribution in [0, 0.1) is 0 Å². The second-order valence-electron chi connectivity index (χ2n) is 2.42. The molecule has 0 radical (unpaired) electrons. The highest BCUT2D eigenvalue weighted by Gasteiger charge is 2.20. The van der Waals surface area contributed by atoms with Gasteiger partial charge in [0, 0.05) is 42.0 Å². The van der Waals surface area contributed by atoms with Crippen LogP contribution in [-0.2, 0) is 4.74 Å². The Hall–Kier alpha value is -0.185. The molecule has 0 bridgehead atoms. The lowest BCUT2D eigenvalue weighted by Gasteiger charge is -2.00. The van der Waals surface area contributed by atoms with Gasteiger partial charge in [0.1, 0.15) is 5.69 Å². The molecular weight excluding hydrogens is 320 g/mol. The van der Waals surface area contributed by atoms with Crippen molar-refractivity contribution in [1.29, 1.82) is 0 Å². The molecule has 1 heterocycles. The molecule has 1 aromatic heterocycles. The summed E-state index contributed by atoms with van der Waals surface area (Å²) in [7, 11) is 0.931. The summed E-state index contributed by atoms with van der Waals surface area (Å²) in [6, 6.07) is 1.38. The zero-order valence-electron chi connectivity index (χ0n) is 7.18.